The van der Waals surface area contributed by atoms with Crippen LogP contribution >= 0.6 is 11.6 Å². The van der Waals surface area contributed by atoms with E-state index in [4.69, 9.17) is 30.5 Å². The number of hydrogen-bond donors (Lipinski definition) is 1. The summed E-state index contributed by atoms with van der Waals surface area (Å²) < 4.78 is 22.2. The van der Waals surface area contributed by atoms with Gasteiger partial charge in [-0.15, -0.1) is 0 Å². The molecule has 0 bridgehead atoms. The minimum Gasteiger partial charge on any atom is -0.493 e. The summed E-state index contributed by atoms with van der Waals surface area (Å²) in [6.45, 7) is 2.85. The van der Waals surface area contributed by atoms with Crippen LogP contribution in [0.15, 0.2) is 60.7 Å². The maximum Gasteiger partial charge on any atom is 0.255 e. The fraction of sp³-hybridized carbons (Fsp3) is 0.174. The summed E-state index contributed by atoms with van der Waals surface area (Å²) in [6.07, 6.45) is 0. The molecule has 0 spiro atoms. The number of benzene rings is 3. The molecule has 6 nitrogen and oxygen atoms in total. The maximum absolute atomic E-state index is 12.8. The van der Waals surface area contributed by atoms with Crippen molar-refractivity contribution in [2.75, 3.05) is 18.7 Å². The fourth-order valence-electron chi connectivity index (χ4n) is 3.00. The number of fused-ring (bicyclic) bond motifs is 1. The van der Waals surface area contributed by atoms with E-state index in [0.717, 1.165) is 5.56 Å². The van der Waals surface area contributed by atoms with Crippen molar-refractivity contribution in [1.82, 2.24) is 0 Å². The Balaban J connectivity index is 1.50. The van der Waals surface area contributed by atoms with Gasteiger partial charge in [0, 0.05) is 27.9 Å². The van der Waals surface area contributed by atoms with Gasteiger partial charge in [-0.2, -0.15) is 0 Å². The summed E-state index contributed by atoms with van der Waals surface area (Å²) in [6, 6.07) is 17.6. The number of hydrogen-bond acceptors (Lipinski definition) is 5. The first kappa shape index (κ1) is 19.9. The second-order valence-corrected chi connectivity index (χ2v) is 6.96. The Kier molecular flexibility index (Phi) is 5.95. The molecule has 0 aliphatic carbocycles. The van der Waals surface area contributed by atoms with Crippen LogP contribution in [0.25, 0.3) is 0 Å². The summed E-state index contributed by atoms with van der Waals surface area (Å²) in [5, 5.41) is 3.51. The van der Waals surface area contributed by atoms with Gasteiger partial charge in [-0.05, 0) is 61.5 Å². The highest BCUT2D eigenvalue weighted by Crippen LogP contribution is 2.34. The quantitative estimate of drug-likeness (QED) is 0.556. The maximum atomic E-state index is 12.8. The van der Waals surface area contributed by atoms with Gasteiger partial charge in [0.1, 0.15) is 18.1 Å². The van der Waals surface area contributed by atoms with Gasteiger partial charge in [-0.1, -0.05) is 11.6 Å². The Labute approximate surface area is 179 Å². The zero-order chi connectivity index (χ0) is 20.9. The van der Waals surface area contributed by atoms with Crippen molar-refractivity contribution in [2.24, 2.45) is 0 Å². The highest BCUT2D eigenvalue weighted by atomic mass is 35.5. The summed E-state index contributed by atoms with van der Waals surface area (Å²) in [5.74, 6) is 2.38. The van der Waals surface area contributed by atoms with E-state index in [2.05, 4.69) is 5.32 Å². The van der Waals surface area contributed by atoms with Crippen LogP contribution < -0.4 is 24.3 Å². The number of anilines is 1. The monoisotopic (exact) mass is 425 g/mol. The van der Waals surface area contributed by atoms with Crippen LogP contribution in [0.5, 0.6) is 23.0 Å². The van der Waals surface area contributed by atoms with E-state index in [9.17, 15) is 4.79 Å². The van der Waals surface area contributed by atoms with E-state index in [0.29, 0.717) is 45.9 Å². The first-order chi connectivity index (χ1) is 14.6. The number of nitrogens with one attached hydrogen (secondary N) is 1. The third-order valence-corrected chi connectivity index (χ3v) is 4.71. The van der Waals surface area contributed by atoms with Gasteiger partial charge in [0.2, 0.25) is 6.79 Å². The zero-order valence-corrected chi connectivity index (χ0v) is 17.1. The Morgan fingerprint density at radius 2 is 1.80 bits per heavy atom. The lowest BCUT2D eigenvalue weighted by Gasteiger charge is -2.14. The summed E-state index contributed by atoms with van der Waals surface area (Å²) in [4.78, 5) is 12.8. The van der Waals surface area contributed by atoms with Crippen LogP contribution in [0.2, 0.25) is 5.02 Å². The molecular formula is C23H20ClNO5. The molecule has 0 aromatic heterocycles. The predicted octanol–water partition coefficient (Wildman–Crippen LogP) is 5.30. The summed E-state index contributed by atoms with van der Waals surface area (Å²) >= 11 is 5.91. The molecule has 0 saturated heterocycles. The molecule has 4 rings (SSSR count). The standard InChI is InChI=1S/C23H20ClNO5/c1-2-27-20-9-3-15(11-16(20)13-28-19-7-4-17(24)5-8-19)23(26)25-18-6-10-21-22(12-18)30-14-29-21/h3-12H,2,13-14H2,1H3,(H,25,26). The minimum absolute atomic E-state index is 0.183. The number of carbonyl (C=O) groups excluding carboxylic acids is 1. The highest BCUT2D eigenvalue weighted by molar-refractivity contribution is 6.30. The molecule has 1 aliphatic heterocycles. The van der Waals surface area contributed by atoms with Crippen LogP contribution in [-0.4, -0.2) is 19.3 Å². The lowest BCUT2D eigenvalue weighted by Crippen LogP contribution is -2.13. The fourth-order valence-corrected chi connectivity index (χ4v) is 3.13. The minimum atomic E-state index is -0.246. The lowest BCUT2D eigenvalue weighted by atomic mass is 10.1. The molecule has 1 aliphatic rings. The van der Waals surface area contributed by atoms with E-state index in [1.54, 1.807) is 60.7 Å². The van der Waals surface area contributed by atoms with Gasteiger partial charge in [0.15, 0.2) is 11.5 Å². The number of rotatable bonds is 7. The first-order valence-electron chi connectivity index (χ1n) is 9.47. The van der Waals surface area contributed by atoms with Crippen molar-refractivity contribution < 1.29 is 23.7 Å². The molecule has 7 heteroatoms. The second kappa shape index (κ2) is 8.97. The molecule has 1 amide bonds. The van der Waals surface area contributed by atoms with E-state index >= 15 is 0 Å². The van der Waals surface area contributed by atoms with Gasteiger partial charge < -0.3 is 24.3 Å². The molecule has 3 aromatic carbocycles. The highest BCUT2D eigenvalue weighted by Gasteiger charge is 2.16. The van der Waals surface area contributed by atoms with Crippen molar-refractivity contribution in [3.05, 3.63) is 76.8 Å². The molecule has 1 heterocycles. The first-order valence-corrected chi connectivity index (χ1v) is 9.85. The lowest BCUT2D eigenvalue weighted by molar-refractivity contribution is 0.102. The summed E-state index contributed by atoms with van der Waals surface area (Å²) in [5.41, 5.74) is 1.88. The molecule has 154 valence electrons. The van der Waals surface area contributed by atoms with Crippen molar-refractivity contribution >= 4 is 23.2 Å². The molecule has 0 radical (unpaired) electrons. The topological polar surface area (TPSA) is 66.0 Å². The van der Waals surface area contributed by atoms with E-state index in [1.807, 2.05) is 6.92 Å². The third kappa shape index (κ3) is 4.60. The van der Waals surface area contributed by atoms with Gasteiger partial charge in [0.25, 0.3) is 5.91 Å². The Morgan fingerprint density at radius 3 is 2.60 bits per heavy atom. The van der Waals surface area contributed by atoms with Gasteiger partial charge in [-0.25, -0.2) is 0 Å². The molecule has 0 atom stereocenters. The average Bonchev–Trinajstić information content (AvgIpc) is 3.22. The molecular weight excluding hydrogens is 406 g/mol. The van der Waals surface area contributed by atoms with E-state index < -0.39 is 0 Å². The summed E-state index contributed by atoms with van der Waals surface area (Å²) in [7, 11) is 0. The molecule has 0 fully saturated rings. The molecule has 1 N–H and O–H groups in total. The Bertz CT molecular complexity index is 1050. The van der Waals surface area contributed by atoms with E-state index in [-0.39, 0.29) is 19.3 Å². The Hall–Kier alpha value is -3.38. The van der Waals surface area contributed by atoms with Crippen molar-refractivity contribution in [3.63, 3.8) is 0 Å². The van der Waals surface area contributed by atoms with Crippen LogP contribution in [0.4, 0.5) is 5.69 Å². The predicted molar refractivity (Wildman–Crippen MR) is 114 cm³/mol. The van der Waals surface area contributed by atoms with Gasteiger partial charge in [0.05, 0.1) is 6.61 Å². The normalized spacial score (nSPS) is 11.8. The smallest absolute Gasteiger partial charge is 0.255 e. The SMILES string of the molecule is CCOc1ccc(C(=O)Nc2ccc3c(c2)OCO3)cc1COc1ccc(Cl)cc1. The molecule has 0 saturated carbocycles. The zero-order valence-electron chi connectivity index (χ0n) is 16.3. The van der Waals surface area contributed by atoms with Crippen LogP contribution in [-0.2, 0) is 6.61 Å². The van der Waals surface area contributed by atoms with Crippen molar-refractivity contribution in [1.29, 1.82) is 0 Å². The third-order valence-electron chi connectivity index (χ3n) is 4.46. The van der Waals surface area contributed by atoms with E-state index in [1.165, 1.54) is 0 Å². The molecule has 30 heavy (non-hydrogen) atoms. The molecule has 0 unspecified atom stereocenters. The number of carbonyl (C=O) groups is 1. The average molecular weight is 426 g/mol. The largest absolute Gasteiger partial charge is 0.493 e. The van der Waals surface area contributed by atoms with Gasteiger partial charge >= 0.3 is 0 Å². The van der Waals surface area contributed by atoms with Crippen LogP contribution in [0.3, 0.4) is 0 Å². The number of ether oxygens (including phenoxy) is 4. The molecule has 3 aromatic rings. The number of halogens is 1. The van der Waals surface area contributed by atoms with Crippen LogP contribution in [0, 0.1) is 0 Å². The van der Waals surface area contributed by atoms with Crippen LogP contribution in [0.1, 0.15) is 22.8 Å². The number of amides is 1. The van der Waals surface area contributed by atoms with Gasteiger partial charge in [-0.3, -0.25) is 4.79 Å². The van der Waals surface area contributed by atoms with Crippen molar-refractivity contribution in [3.8, 4) is 23.0 Å². The Morgan fingerprint density at radius 1 is 1.00 bits per heavy atom. The van der Waals surface area contributed by atoms with Crippen molar-refractivity contribution in [2.45, 2.75) is 13.5 Å². The second-order valence-electron chi connectivity index (χ2n) is 6.52.